The van der Waals surface area contributed by atoms with Crippen LogP contribution in [0.15, 0.2) is 47.6 Å². The average Bonchev–Trinajstić information content (AvgIpc) is 2.99. The maximum Gasteiger partial charge on any atom is 0.269 e. The maximum atomic E-state index is 10.9. The molecule has 6 nitrogen and oxygen atoms in total. The molecule has 0 spiro atoms. The average molecular weight is 297 g/mol. The molecule has 0 aliphatic carbocycles. The predicted molar refractivity (Wildman–Crippen MR) is 83.0 cm³/mol. The fourth-order valence-corrected chi connectivity index (χ4v) is 2.54. The number of nitrogens with zero attached hydrogens (tertiary/aromatic N) is 2. The molecule has 22 heavy (non-hydrogen) atoms. The predicted octanol–water partition coefficient (Wildman–Crippen LogP) is 3.05. The van der Waals surface area contributed by atoms with Crippen LogP contribution in [-0.4, -0.2) is 15.7 Å². The molecule has 0 saturated heterocycles. The zero-order valence-electron chi connectivity index (χ0n) is 12.0. The van der Waals surface area contributed by atoms with Gasteiger partial charge in [-0.1, -0.05) is 23.8 Å². The molecule has 0 saturated carbocycles. The molecule has 0 fully saturated rings. The minimum absolute atomic E-state index is 0.0613. The van der Waals surface area contributed by atoms with Gasteiger partial charge in [-0.25, -0.2) is 0 Å². The molecule has 0 amide bonds. The van der Waals surface area contributed by atoms with Crippen molar-refractivity contribution in [2.24, 2.45) is 5.10 Å². The van der Waals surface area contributed by atoms with Crippen molar-refractivity contribution < 1.29 is 10.0 Å². The van der Waals surface area contributed by atoms with E-state index in [9.17, 15) is 15.2 Å². The Bertz CT molecular complexity index is 771. The standard InChI is InChI=1S/C16H15N3O3/c1-10-5-6-16(20)13(7-10)15-9-14(17-18-15)11-3-2-4-12(8-11)19(21)22/h2-8,14,17,20H,9H2,1H3/t14-/m0/s1. The smallest absolute Gasteiger partial charge is 0.269 e. The summed E-state index contributed by atoms with van der Waals surface area (Å²) < 4.78 is 0. The van der Waals surface area contributed by atoms with Crippen LogP contribution in [0.3, 0.4) is 0 Å². The number of phenolic OH excluding ortho intramolecular Hbond substituents is 1. The van der Waals surface area contributed by atoms with Crippen LogP contribution in [0.2, 0.25) is 0 Å². The third-order valence-corrected chi connectivity index (χ3v) is 3.70. The Balaban J connectivity index is 1.84. The molecule has 112 valence electrons. The zero-order chi connectivity index (χ0) is 15.7. The van der Waals surface area contributed by atoms with Gasteiger partial charge >= 0.3 is 0 Å². The normalized spacial score (nSPS) is 17.0. The summed E-state index contributed by atoms with van der Waals surface area (Å²) in [5, 5.41) is 25.1. The summed E-state index contributed by atoms with van der Waals surface area (Å²) >= 11 is 0. The van der Waals surface area contributed by atoms with Gasteiger partial charge in [-0.15, -0.1) is 0 Å². The molecule has 6 heteroatoms. The first-order chi connectivity index (χ1) is 10.5. The Kier molecular flexibility index (Phi) is 3.50. The number of phenols is 1. The van der Waals surface area contributed by atoms with Crippen LogP contribution >= 0.6 is 0 Å². The first-order valence-electron chi connectivity index (χ1n) is 6.91. The van der Waals surface area contributed by atoms with Crippen molar-refractivity contribution in [2.75, 3.05) is 0 Å². The number of non-ortho nitro benzene ring substituents is 1. The Morgan fingerprint density at radius 2 is 2.14 bits per heavy atom. The molecule has 1 heterocycles. The zero-order valence-corrected chi connectivity index (χ0v) is 12.0. The van der Waals surface area contributed by atoms with Gasteiger partial charge in [0.25, 0.3) is 5.69 Å². The van der Waals surface area contributed by atoms with Gasteiger partial charge in [0, 0.05) is 24.1 Å². The van der Waals surface area contributed by atoms with E-state index >= 15 is 0 Å². The van der Waals surface area contributed by atoms with Crippen molar-refractivity contribution in [3.05, 3.63) is 69.3 Å². The summed E-state index contributed by atoms with van der Waals surface area (Å²) in [4.78, 5) is 10.4. The minimum atomic E-state index is -0.410. The van der Waals surface area contributed by atoms with Gasteiger partial charge in [0.15, 0.2) is 0 Å². The molecule has 2 aromatic carbocycles. The van der Waals surface area contributed by atoms with Gasteiger partial charge in [0.1, 0.15) is 5.75 Å². The highest BCUT2D eigenvalue weighted by Crippen LogP contribution is 2.29. The summed E-state index contributed by atoms with van der Waals surface area (Å²) in [6, 6.07) is 11.7. The van der Waals surface area contributed by atoms with Crippen LogP contribution in [0.1, 0.15) is 29.2 Å². The molecule has 1 aliphatic heterocycles. The number of hydrogen-bond donors (Lipinski definition) is 2. The molecule has 1 aliphatic rings. The Morgan fingerprint density at radius 3 is 2.91 bits per heavy atom. The fourth-order valence-electron chi connectivity index (χ4n) is 2.54. The van der Waals surface area contributed by atoms with Crippen molar-refractivity contribution in [3.63, 3.8) is 0 Å². The van der Waals surface area contributed by atoms with Crippen LogP contribution in [0.25, 0.3) is 0 Å². The van der Waals surface area contributed by atoms with E-state index in [1.807, 2.05) is 25.1 Å². The molecule has 2 N–H and O–H groups in total. The van der Waals surface area contributed by atoms with E-state index < -0.39 is 4.92 Å². The van der Waals surface area contributed by atoms with Crippen molar-refractivity contribution in [1.82, 2.24) is 5.43 Å². The SMILES string of the molecule is Cc1ccc(O)c(C2=NN[C@H](c3cccc([N+](=O)[O-])c3)C2)c1. The Labute approximate surface area is 127 Å². The molecule has 3 rings (SSSR count). The molecule has 2 aromatic rings. The molecule has 0 bridgehead atoms. The van der Waals surface area contributed by atoms with Crippen LogP contribution in [0.4, 0.5) is 5.69 Å². The summed E-state index contributed by atoms with van der Waals surface area (Å²) in [7, 11) is 0. The highest BCUT2D eigenvalue weighted by molar-refractivity contribution is 6.04. The fraction of sp³-hybridized carbons (Fsp3) is 0.188. The summed E-state index contributed by atoms with van der Waals surface area (Å²) in [5.74, 6) is 0.186. The molecular weight excluding hydrogens is 282 g/mol. The molecule has 0 aromatic heterocycles. The molecule has 0 unspecified atom stereocenters. The lowest BCUT2D eigenvalue weighted by Crippen LogP contribution is -2.10. The summed E-state index contributed by atoms with van der Waals surface area (Å²) in [6.07, 6.45) is 0.568. The Hall–Kier alpha value is -2.89. The van der Waals surface area contributed by atoms with Crippen molar-refractivity contribution in [1.29, 1.82) is 0 Å². The number of aromatic hydroxyl groups is 1. The van der Waals surface area contributed by atoms with E-state index in [2.05, 4.69) is 10.5 Å². The second-order valence-corrected chi connectivity index (χ2v) is 5.32. The lowest BCUT2D eigenvalue weighted by Gasteiger charge is -2.10. The van der Waals surface area contributed by atoms with Crippen molar-refractivity contribution in [2.45, 2.75) is 19.4 Å². The second-order valence-electron chi connectivity index (χ2n) is 5.32. The van der Waals surface area contributed by atoms with Crippen LogP contribution in [-0.2, 0) is 0 Å². The number of rotatable bonds is 3. The molecule has 0 radical (unpaired) electrons. The minimum Gasteiger partial charge on any atom is -0.507 e. The number of hydrazone groups is 1. The lowest BCUT2D eigenvalue weighted by molar-refractivity contribution is -0.384. The number of benzene rings is 2. The number of aryl methyl sites for hydroxylation is 1. The first-order valence-corrected chi connectivity index (χ1v) is 6.91. The van der Waals surface area contributed by atoms with E-state index in [-0.39, 0.29) is 17.5 Å². The van der Waals surface area contributed by atoms with Gasteiger partial charge in [-0.3, -0.25) is 10.1 Å². The van der Waals surface area contributed by atoms with Gasteiger partial charge < -0.3 is 10.5 Å². The number of nitro groups is 1. The monoisotopic (exact) mass is 297 g/mol. The van der Waals surface area contributed by atoms with Crippen LogP contribution < -0.4 is 5.43 Å². The van der Waals surface area contributed by atoms with Gasteiger partial charge in [-0.2, -0.15) is 5.10 Å². The van der Waals surface area contributed by atoms with E-state index in [0.717, 1.165) is 16.8 Å². The maximum absolute atomic E-state index is 10.9. The number of nitrogens with one attached hydrogen (secondary N) is 1. The highest BCUT2D eigenvalue weighted by Gasteiger charge is 2.24. The molecule has 1 atom stereocenters. The topological polar surface area (TPSA) is 87.8 Å². The first kappa shape index (κ1) is 14.1. The molecular formula is C16H15N3O3. The highest BCUT2D eigenvalue weighted by atomic mass is 16.6. The van der Waals surface area contributed by atoms with E-state index in [1.54, 1.807) is 18.2 Å². The van der Waals surface area contributed by atoms with E-state index in [1.165, 1.54) is 6.07 Å². The van der Waals surface area contributed by atoms with Gasteiger partial charge in [0.2, 0.25) is 0 Å². The van der Waals surface area contributed by atoms with Crippen molar-refractivity contribution >= 4 is 11.4 Å². The van der Waals surface area contributed by atoms with Crippen molar-refractivity contribution in [3.8, 4) is 5.75 Å². The van der Waals surface area contributed by atoms with E-state index in [0.29, 0.717) is 12.0 Å². The Morgan fingerprint density at radius 1 is 1.32 bits per heavy atom. The summed E-state index contributed by atoms with van der Waals surface area (Å²) in [6.45, 7) is 1.95. The summed E-state index contributed by atoms with van der Waals surface area (Å²) in [5.41, 5.74) is 6.33. The lowest BCUT2D eigenvalue weighted by atomic mass is 9.97. The van der Waals surface area contributed by atoms with Crippen LogP contribution in [0, 0.1) is 17.0 Å². The quantitative estimate of drug-likeness (QED) is 0.673. The second kappa shape index (κ2) is 5.48. The van der Waals surface area contributed by atoms with Gasteiger partial charge in [0.05, 0.1) is 16.7 Å². The van der Waals surface area contributed by atoms with E-state index in [4.69, 9.17) is 0 Å². The number of hydrogen-bond acceptors (Lipinski definition) is 5. The van der Waals surface area contributed by atoms with Gasteiger partial charge in [-0.05, 0) is 24.6 Å². The number of nitro benzene ring substituents is 1. The largest absolute Gasteiger partial charge is 0.507 e. The third-order valence-electron chi connectivity index (χ3n) is 3.70. The third kappa shape index (κ3) is 2.63. The van der Waals surface area contributed by atoms with Crippen LogP contribution in [0.5, 0.6) is 5.75 Å².